The molecule has 106 valence electrons. The van der Waals surface area contributed by atoms with Gasteiger partial charge < -0.3 is 10.2 Å². The quantitative estimate of drug-likeness (QED) is 0.838. The van der Waals surface area contributed by atoms with Crippen molar-refractivity contribution in [3.8, 4) is 0 Å². The molecule has 0 bridgehead atoms. The van der Waals surface area contributed by atoms with Crippen molar-refractivity contribution in [2.45, 2.75) is 40.0 Å². The molecule has 2 rings (SSSR count). The minimum atomic E-state index is 0. The number of nitrogens with one attached hydrogen (secondary N) is 1. The summed E-state index contributed by atoms with van der Waals surface area (Å²) in [4.78, 5) is 14.5. The van der Waals surface area contributed by atoms with E-state index in [2.05, 4.69) is 31.0 Å². The van der Waals surface area contributed by atoms with E-state index in [0.717, 1.165) is 39.0 Å². The van der Waals surface area contributed by atoms with Gasteiger partial charge in [-0.05, 0) is 43.7 Å². The fourth-order valence-corrected chi connectivity index (χ4v) is 2.80. The molecule has 1 amide bonds. The molecule has 0 aromatic rings. The van der Waals surface area contributed by atoms with E-state index in [1.54, 1.807) is 0 Å². The highest BCUT2D eigenvalue weighted by Gasteiger charge is 2.33. The highest BCUT2D eigenvalue weighted by Crippen LogP contribution is 2.30. The van der Waals surface area contributed by atoms with Gasteiger partial charge in [-0.15, -0.1) is 12.4 Å². The molecule has 0 saturated carbocycles. The fraction of sp³-hybridized carbons (Fsp3) is 0.929. The Kier molecular flexibility index (Phi) is 5.47. The summed E-state index contributed by atoms with van der Waals surface area (Å²) in [6, 6.07) is 0. The van der Waals surface area contributed by atoms with Crippen LogP contribution in [0.1, 0.15) is 40.0 Å². The Balaban J connectivity index is 0.00000162. The lowest BCUT2D eigenvalue weighted by atomic mass is 9.85. The van der Waals surface area contributed by atoms with Gasteiger partial charge >= 0.3 is 0 Å². The lowest BCUT2D eigenvalue weighted by Crippen LogP contribution is -2.50. The SMILES string of the molecule is CC(C(=O)N1CCCC(C)(C)CC1)C1CNC1.Cl. The van der Waals surface area contributed by atoms with Crippen LogP contribution in [0.3, 0.4) is 0 Å². The highest BCUT2D eigenvalue weighted by molar-refractivity contribution is 5.85. The second-order valence-corrected chi connectivity index (χ2v) is 6.55. The van der Waals surface area contributed by atoms with Crippen LogP contribution in [0.5, 0.6) is 0 Å². The number of carbonyl (C=O) groups excluding carboxylic acids is 1. The Hall–Kier alpha value is -0.280. The molecule has 2 saturated heterocycles. The fourth-order valence-electron chi connectivity index (χ4n) is 2.80. The van der Waals surface area contributed by atoms with Gasteiger partial charge in [0, 0.05) is 19.0 Å². The van der Waals surface area contributed by atoms with Crippen molar-refractivity contribution >= 4 is 18.3 Å². The molecule has 1 atom stereocenters. The number of halogens is 1. The molecule has 1 unspecified atom stereocenters. The number of hydrogen-bond donors (Lipinski definition) is 1. The van der Waals surface area contributed by atoms with Crippen molar-refractivity contribution < 1.29 is 4.79 Å². The lowest BCUT2D eigenvalue weighted by Gasteiger charge is -2.35. The zero-order chi connectivity index (χ0) is 12.5. The van der Waals surface area contributed by atoms with Crippen LogP contribution in [0.2, 0.25) is 0 Å². The van der Waals surface area contributed by atoms with Crippen molar-refractivity contribution in [3.05, 3.63) is 0 Å². The first-order valence-electron chi connectivity index (χ1n) is 6.99. The van der Waals surface area contributed by atoms with Gasteiger partial charge in [0.25, 0.3) is 0 Å². The van der Waals surface area contributed by atoms with Crippen LogP contribution < -0.4 is 5.32 Å². The minimum absolute atomic E-state index is 0. The van der Waals surface area contributed by atoms with Crippen LogP contribution in [-0.2, 0) is 4.79 Å². The monoisotopic (exact) mass is 274 g/mol. The third-order valence-corrected chi connectivity index (χ3v) is 4.56. The van der Waals surface area contributed by atoms with Gasteiger partial charge in [-0.25, -0.2) is 0 Å². The van der Waals surface area contributed by atoms with Crippen LogP contribution in [0.15, 0.2) is 0 Å². The van der Waals surface area contributed by atoms with Crippen molar-refractivity contribution in [1.82, 2.24) is 10.2 Å². The second-order valence-electron chi connectivity index (χ2n) is 6.55. The average Bonchev–Trinajstić information content (AvgIpc) is 2.35. The van der Waals surface area contributed by atoms with E-state index in [1.807, 2.05) is 0 Å². The lowest BCUT2D eigenvalue weighted by molar-refractivity contribution is -0.137. The van der Waals surface area contributed by atoms with Crippen LogP contribution >= 0.6 is 12.4 Å². The summed E-state index contributed by atoms with van der Waals surface area (Å²) >= 11 is 0. The zero-order valence-electron chi connectivity index (χ0n) is 11.9. The van der Waals surface area contributed by atoms with E-state index in [9.17, 15) is 4.79 Å². The molecule has 2 aliphatic rings. The van der Waals surface area contributed by atoms with E-state index >= 15 is 0 Å². The van der Waals surface area contributed by atoms with Crippen LogP contribution in [0, 0.1) is 17.3 Å². The molecule has 2 fully saturated rings. The van der Waals surface area contributed by atoms with Crippen molar-refractivity contribution in [3.63, 3.8) is 0 Å². The molecule has 0 spiro atoms. The predicted octanol–water partition coefficient (Wildman–Crippen LogP) is 2.30. The van der Waals surface area contributed by atoms with Crippen LogP contribution in [0.4, 0.5) is 0 Å². The van der Waals surface area contributed by atoms with Crippen molar-refractivity contribution in [1.29, 1.82) is 0 Å². The van der Waals surface area contributed by atoms with E-state index in [1.165, 1.54) is 6.42 Å². The van der Waals surface area contributed by atoms with E-state index in [-0.39, 0.29) is 18.3 Å². The number of nitrogens with zero attached hydrogens (tertiary/aromatic N) is 1. The van der Waals surface area contributed by atoms with Gasteiger partial charge in [-0.2, -0.15) is 0 Å². The minimum Gasteiger partial charge on any atom is -0.342 e. The van der Waals surface area contributed by atoms with Crippen molar-refractivity contribution in [2.24, 2.45) is 17.3 Å². The van der Waals surface area contributed by atoms with Gasteiger partial charge in [-0.1, -0.05) is 20.8 Å². The maximum atomic E-state index is 12.4. The number of carbonyl (C=O) groups is 1. The van der Waals surface area contributed by atoms with E-state index < -0.39 is 0 Å². The summed E-state index contributed by atoms with van der Waals surface area (Å²) in [6.07, 6.45) is 3.55. The normalized spacial score (nSPS) is 25.6. The number of amides is 1. The first-order valence-corrected chi connectivity index (χ1v) is 6.99. The Morgan fingerprint density at radius 1 is 1.28 bits per heavy atom. The molecule has 2 heterocycles. The Bertz CT molecular complexity index is 290. The Morgan fingerprint density at radius 2 is 1.94 bits per heavy atom. The van der Waals surface area contributed by atoms with E-state index in [4.69, 9.17) is 0 Å². The number of rotatable bonds is 2. The summed E-state index contributed by atoms with van der Waals surface area (Å²) < 4.78 is 0. The third-order valence-electron chi connectivity index (χ3n) is 4.56. The standard InChI is InChI=1S/C14H26N2O.ClH/c1-11(12-9-15-10-12)13(17)16-7-4-5-14(2,3)6-8-16;/h11-12,15H,4-10H2,1-3H3;1H. The van der Waals surface area contributed by atoms with Crippen LogP contribution in [-0.4, -0.2) is 37.0 Å². The molecule has 0 radical (unpaired) electrons. The third kappa shape index (κ3) is 3.61. The van der Waals surface area contributed by atoms with Crippen molar-refractivity contribution in [2.75, 3.05) is 26.2 Å². The van der Waals surface area contributed by atoms with E-state index in [0.29, 0.717) is 17.2 Å². The van der Waals surface area contributed by atoms with Gasteiger partial charge in [0.05, 0.1) is 0 Å². The summed E-state index contributed by atoms with van der Waals surface area (Å²) in [7, 11) is 0. The highest BCUT2D eigenvalue weighted by atomic mass is 35.5. The van der Waals surface area contributed by atoms with Gasteiger partial charge in [0.15, 0.2) is 0 Å². The number of likely N-dealkylation sites (tertiary alicyclic amines) is 1. The first kappa shape index (κ1) is 15.8. The molecular weight excluding hydrogens is 248 g/mol. The molecule has 0 aliphatic carbocycles. The topological polar surface area (TPSA) is 32.3 Å². The zero-order valence-corrected chi connectivity index (χ0v) is 12.7. The molecule has 0 aromatic heterocycles. The Morgan fingerprint density at radius 3 is 2.50 bits per heavy atom. The summed E-state index contributed by atoms with van der Waals surface area (Å²) in [5.41, 5.74) is 0.413. The molecule has 3 nitrogen and oxygen atoms in total. The molecule has 4 heteroatoms. The molecule has 2 aliphatic heterocycles. The maximum Gasteiger partial charge on any atom is 0.225 e. The summed E-state index contributed by atoms with van der Waals surface area (Å²) in [5.74, 6) is 1.16. The first-order chi connectivity index (χ1) is 7.99. The summed E-state index contributed by atoms with van der Waals surface area (Å²) in [6.45, 7) is 10.7. The molecule has 18 heavy (non-hydrogen) atoms. The summed E-state index contributed by atoms with van der Waals surface area (Å²) in [5, 5.41) is 3.25. The molecular formula is C14H27ClN2O. The smallest absolute Gasteiger partial charge is 0.225 e. The van der Waals surface area contributed by atoms with Gasteiger partial charge in [0.2, 0.25) is 5.91 Å². The maximum absolute atomic E-state index is 12.4. The van der Waals surface area contributed by atoms with Gasteiger partial charge in [-0.3, -0.25) is 4.79 Å². The van der Waals surface area contributed by atoms with Gasteiger partial charge in [0.1, 0.15) is 0 Å². The van der Waals surface area contributed by atoms with Crippen LogP contribution in [0.25, 0.3) is 0 Å². The average molecular weight is 275 g/mol. The number of hydrogen-bond acceptors (Lipinski definition) is 2. The second kappa shape index (κ2) is 6.25. The largest absolute Gasteiger partial charge is 0.342 e. The predicted molar refractivity (Wildman–Crippen MR) is 77.0 cm³/mol. The molecule has 0 aromatic carbocycles. The molecule has 1 N–H and O–H groups in total. The Labute approximate surface area is 117 Å².